The minimum atomic E-state index is -3.79. The van der Waals surface area contributed by atoms with E-state index in [9.17, 15) is 13.2 Å². The highest BCUT2D eigenvalue weighted by molar-refractivity contribution is 7.89. The number of sulfonamides is 1. The highest BCUT2D eigenvalue weighted by Crippen LogP contribution is 2.32. The highest BCUT2D eigenvalue weighted by Gasteiger charge is 2.27. The molecule has 2 rings (SSSR count). The Morgan fingerprint density at radius 3 is 2.57 bits per heavy atom. The molecular weight excluding hydrogens is 322 g/mol. The van der Waals surface area contributed by atoms with Gasteiger partial charge >= 0.3 is 5.97 Å². The maximum atomic E-state index is 12.5. The van der Waals surface area contributed by atoms with Crippen LogP contribution >= 0.6 is 0 Å². The Balaban J connectivity index is 2.19. The van der Waals surface area contributed by atoms with Crippen molar-refractivity contribution < 1.29 is 27.8 Å². The molecule has 1 aromatic carbocycles. The first kappa shape index (κ1) is 17.6. The van der Waals surface area contributed by atoms with Gasteiger partial charge < -0.3 is 14.6 Å². The van der Waals surface area contributed by atoms with Gasteiger partial charge in [-0.05, 0) is 32.4 Å². The van der Waals surface area contributed by atoms with Crippen LogP contribution in [-0.2, 0) is 14.8 Å². The minimum Gasteiger partial charge on any atom is -0.490 e. The Morgan fingerprint density at radius 2 is 1.91 bits per heavy atom. The molecule has 128 valence electrons. The van der Waals surface area contributed by atoms with Gasteiger partial charge in [0.25, 0.3) is 0 Å². The van der Waals surface area contributed by atoms with Crippen molar-refractivity contribution in [2.24, 2.45) is 0 Å². The van der Waals surface area contributed by atoms with Crippen LogP contribution in [0.1, 0.15) is 33.1 Å². The van der Waals surface area contributed by atoms with Crippen LogP contribution in [0.4, 0.5) is 0 Å². The van der Waals surface area contributed by atoms with Crippen LogP contribution in [0.2, 0.25) is 0 Å². The van der Waals surface area contributed by atoms with E-state index in [4.69, 9.17) is 14.6 Å². The molecule has 0 saturated heterocycles. The lowest BCUT2D eigenvalue weighted by Crippen LogP contribution is -2.43. The summed E-state index contributed by atoms with van der Waals surface area (Å²) in [5.74, 6) is -0.0480. The van der Waals surface area contributed by atoms with Crippen molar-refractivity contribution in [2.75, 3.05) is 13.2 Å². The van der Waals surface area contributed by atoms with Crippen molar-refractivity contribution in [1.82, 2.24) is 4.72 Å². The van der Waals surface area contributed by atoms with Gasteiger partial charge in [-0.1, -0.05) is 0 Å². The maximum Gasteiger partial charge on any atom is 0.303 e. The number of nitrogens with one attached hydrogen (secondary N) is 1. The number of hydrogen-bond donors (Lipinski definition) is 2. The summed E-state index contributed by atoms with van der Waals surface area (Å²) in [6.07, 6.45) is 0.806. The summed E-state index contributed by atoms with van der Waals surface area (Å²) in [6, 6.07) is 4.44. The summed E-state index contributed by atoms with van der Waals surface area (Å²) in [5.41, 5.74) is -0.874. The van der Waals surface area contributed by atoms with Gasteiger partial charge in [0.15, 0.2) is 11.5 Å². The van der Waals surface area contributed by atoms with Gasteiger partial charge in [-0.2, -0.15) is 0 Å². The Morgan fingerprint density at radius 1 is 1.26 bits per heavy atom. The Bertz CT molecular complexity index is 683. The molecule has 0 aliphatic carbocycles. The molecule has 0 amide bonds. The number of fused-ring (bicyclic) bond motifs is 1. The van der Waals surface area contributed by atoms with Crippen LogP contribution in [0.5, 0.6) is 11.5 Å². The zero-order valence-electron chi connectivity index (χ0n) is 13.2. The first-order valence-corrected chi connectivity index (χ1v) is 8.83. The second kappa shape index (κ2) is 6.76. The second-order valence-corrected chi connectivity index (χ2v) is 7.72. The second-order valence-electron chi connectivity index (χ2n) is 6.04. The van der Waals surface area contributed by atoms with Crippen molar-refractivity contribution in [2.45, 2.75) is 43.5 Å². The molecule has 0 aromatic heterocycles. The van der Waals surface area contributed by atoms with Crippen LogP contribution in [0, 0.1) is 0 Å². The summed E-state index contributed by atoms with van der Waals surface area (Å²) in [4.78, 5) is 10.7. The largest absolute Gasteiger partial charge is 0.490 e. The fourth-order valence-corrected chi connectivity index (χ4v) is 3.66. The molecule has 0 bridgehead atoms. The zero-order valence-corrected chi connectivity index (χ0v) is 14.0. The fraction of sp³-hybridized carbons (Fsp3) is 0.533. The van der Waals surface area contributed by atoms with Gasteiger partial charge in [-0.15, -0.1) is 0 Å². The van der Waals surface area contributed by atoms with Crippen molar-refractivity contribution in [3.63, 3.8) is 0 Å². The summed E-state index contributed by atoms with van der Waals surface area (Å²) < 4.78 is 38.5. The average molecular weight is 343 g/mol. The van der Waals surface area contributed by atoms with Crippen LogP contribution in [0.3, 0.4) is 0 Å². The molecule has 7 nitrogen and oxygen atoms in total. The van der Waals surface area contributed by atoms with E-state index in [0.717, 1.165) is 6.42 Å². The van der Waals surface area contributed by atoms with Crippen LogP contribution in [0.25, 0.3) is 0 Å². The molecule has 0 unspecified atom stereocenters. The molecule has 0 fully saturated rings. The summed E-state index contributed by atoms with van der Waals surface area (Å²) >= 11 is 0. The lowest BCUT2D eigenvalue weighted by molar-refractivity contribution is -0.137. The smallest absolute Gasteiger partial charge is 0.303 e. The molecular formula is C15H21NO6S. The van der Waals surface area contributed by atoms with Gasteiger partial charge in [0, 0.05) is 24.4 Å². The average Bonchev–Trinajstić information content (AvgIpc) is 2.68. The van der Waals surface area contributed by atoms with E-state index in [1.165, 1.54) is 12.1 Å². The monoisotopic (exact) mass is 343 g/mol. The SMILES string of the molecule is CC(C)(CCC(=O)O)NS(=O)(=O)c1ccc2c(c1)OCCCO2. The van der Waals surface area contributed by atoms with Gasteiger partial charge in [0.2, 0.25) is 10.0 Å². The Labute approximate surface area is 135 Å². The minimum absolute atomic E-state index is 0.0603. The molecule has 1 aromatic rings. The molecule has 1 aliphatic rings. The molecule has 0 saturated carbocycles. The summed E-state index contributed by atoms with van der Waals surface area (Å²) in [6.45, 7) is 4.29. The molecule has 0 radical (unpaired) electrons. The van der Waals surface area contributed by atoms with Gasteiger partial charge in [-0.3, -0.25) is 4.79 Å². The standard InChI is InChI=1S/C15H21NO6S/c1-15(2,7-6-14(17)18)16-23(19,20)11-4-5-12-13(10-11)22-9-3-8-21-12/h4-5,10,16H,3,6-9H2,1-2H3,(H,17,18). The van der Waals surface area contributed by atoms with Crippen LogP contribution in [-0.4, -0.2) is 38.2 Å². The molecule has 2 N–H and O–H groups in total. The first-order chi connectivity index (χ1) is 10.7. The predicted molar refractivity (Wildman–Crippen MR) is 83.3 cm³/mol. The summed E-state index contributed by atoms with van der Waals surface area (Å²) in [7, 11) is -3.79. The third-order valence-electron chi connectivity index (χ3n) is 3.40. The maximum absolute atomic E-state index is 12.5. The fourth-order valence-electron chi connectivity index (χ4n) is 2.20. The van der Waals surface area contributed by atoms with E-state index < -0.39 is 21.5 Å². The highest BCUT2D eigenvalue weighted by atomic mass is 32.2. The normalized spacial score (nSPS) is 15.0. The summed E-state index contributed by atoms with van der Waals surface area (Å²) in [5, 5.41) is 8.74. The Hall–Kier alpha value is -1.80. The Kier molecular flexibility index (Phi) is 5.16. The number of hydrogen-bond acceptors (Lipinski definition) is 5. The lowest BCUT2D eigenvalue weighted by Gasteiger charge is -2.25. The van der Waals surface area contributed by atoms with E-state index in [1.54, 1.807) is 19.9 Å². The van der Waals surface area contributed by atoms with Crippen molar-refractivity contribution in [3.8, 4) is 11.5 Å². The number of ether oxygens (including phenoxy) is 2. The van der Waals surface area contributed by atoms with Gasteiger partial charge in [0.1, 0.15) is 0 Å². The number of carboxylic acid groups (broad SMARTS) is 1. The van der Waals surface area contributed by atoms with E-state index in [-0.39, 0.29) is 17.7 Å². The molecule has 0 atom stereocenters. The lowest BCUT2D eigenvalue weighted by atomic mass is 10.0. The van der Waals surface area contributed by atoms with Crippen molar-refractivity contribution >= 4 is 16.0 Å². The number of carboxylic acids is 1. The number of carbonyl (C=O) groups is 1. The molecule has 23 heavy (non-hydrogen) atoms. The van der Waals surface area contributed by atoms with Crippen molar-refractivity contribution in [3.05, 3.63) is 18.2 Å². The number of benzene rings is 1. The number of rotatable bonds is 6. The molecule has 1 heterocycles. The topological polar surface area (TPSA) is 102 Å². The molecule has 1 aliphatic heterocycles. The van der Waals surface area contributed by atoms with E-state index in [1.807, 2.05) is 0 Å². The van der Waals surface area contributed by atoms with E-state index >= 15 is 0 Å². The van der Waals surface area contributed by atoms with Crippen LogP contribution in [0.15, 0.2) is 23.1 Å². The number of aliphatic carboxylic acids is 1. The first-order valence-electron chi connectivity index (χ1n) is 7.35. The third-order valence-corrected chi connectivity index (χ3v) is 5.10. The van der Waals surface area contributed by atoms with E-state index in [0.29, 0.717) is 24.7 Å². The van der Waals surface area contributed by atoms with E-state index in [2.05, 4.69) is 4.72 Å². The van der Waals surface area contributed by atoms with Gasteiger partial charge in [-0.25, -0.2) is 13.1 Å². The molecule has 0 spiro atoms. The quantitative estimate of drug-likeness (QED) is 0.816. The van der Waals surface area contributed by atoms with Gasteiger partial charge in [0.05, 0.1) is 18.1 Å². The van der Waals surface area contributed by atoms with Crippen molar-refractivity contribution in [1.29, 1.82) is 0 Å². The third kappa shape index (κ3) is 4.84. The zero-order chi connectivity index (χ0) is 17.1. The molecule has 8 heteroatoms. The van der Waals surface area contributed by atoms with Crippen LogP contribution < -0.4 is 14.2 Å². The predicted octanol–water partition coefficient (Wildman–Crippen LogP) is 1.77.